The van der Waals surface area contributed by atoms with Gasteiger partial charge in [0.15, 0.2) is 11.6 Å². The van der Waals surface area contributed by atoms with Crippen LogP contribution in [0.4, 0.5) is 4.39 Å². The summed E-state index contributed by atoms with van der Waals surface area (Å²) in [6.45, 7) is 1.66. The Morgan fingerprint density at radius 1 is 1.22 bits per heavy atom. The van der Waals surface area contributed by atoms with E-state index in [9.17, 15) is 4.39 Å². The fourth-order valence-electron chi connectivity index (χ4n) is 1.47. The topological polar surface area (TPSA) is 33.0 Å². The predicted octanol–water partition coefficient (Wildman–Crippen LogP) is 4.45. The Morgan fingerprint density at radius 3 is 2.67 bits per heavy atom. The number of halogens is 2. The lowest BCUT2D eigenvalue weighted by molar-refractivity contribution is 0.440. The standard InChI is InChI=1S/C14H9ClFNO/c1-9-3-2-4-13(14(9)16)18-12-6-5-10(8-17)7-11(12)15/h2-7H,1H3. The van der Waals surface area contributed by atoms with Crippen LogP contribution in [0.2, 0.25) is 5.02 Å². The van der Waals surface area contributed by atoms with Gasteiger partial charge in [-0.1, -0.05) is 23.7 Å². The lowest BCUT2D eigenvalue weighted by atomic mass is 10.2. The molecule has 0 atom stereocenters. The molecule has 0 unspecified atom stereocenters. The molecule has 0 bridgehead atoms. The van der Waals surface area contributed by atoms with Gasteiger partial charge < -0.3 is 4.74 Å². The summed E-state index contributed by atoms with van der Waals surface area (Å²) in [5, 5.41) is 8.99. The van der Waals surface area contributed by atoms with Crippen molar-refractivity contribution in [3.05, 3.63) is 58.4 Å². The third-order valence-electron chi connectivity index (χ3n) is 2.44. The van der Waals surface area contributed by atoms with E-state index in [1.807, 2.05) is 6.07 Å². The van der Waals surface area contributed by atoms with Crippen molar-refractivity contribution >= 4 is 11.6 Å². The van der Waals surface area contributed by atoms with Gasteiger partial charge in [0, 0.05) is 0 Å². The van der Waals surface area contributed by atoms with Gasteiger partial charge in [0.05, 0.1) is 16.7 Å². The molecule has 2 nitrogen and oxygen atoms in total. The molecule has 18 heavy (non-hydrogen) atoms. The summed E-state index contributed by atoms with van der Waals surface area (Å²) in [7, 11) is 0. The maximum Gasteiger partial charge on any atom is 0.168 e. The minimum Gasteiger partial charge on any atom is -0.453 e. The number of nitriles is 1. The molecule has 0 aromatic heterocycles. The molecule has 0 amide bonds. The maximum atomic E-state index is 13.7. The second kappa shape index (κ2) is 5.07. The number of ether oxygens (including phenoxy) is 1. The summed E-state index contributed by atoms with van der Waals surface area (Å²) in [6.07, 6.45) is 0. The van der Waals surface area contributed by atoms with Crippen molar-refractivity contribution in [1.82, 2.24) is 0 Å². The molecule has 0 aliphatic heterocycles. The molecule has 0 fully saturated rings. The van der Waals surface area contributed by atoms with E-state index in [1.165, 1.54) is 12.1 Å². The SMILES string of the molecule is Cc1cccc(Oc2ccc(C#N)cc2Cl)c1F. The van der Waals surface area contributed by atoms with Gasteiger partial charge in [-0.3, -0.25) is 0 Å². The van der Waals surface area contributed by atoms with Gasteiger partial charge >= 0.3 is 0 Å². The number of rotatable bonds is 2. The van der Waals surface area contributed by atoms with Crippen LogP contribution in [-0.4, -0.2) is 0 Å². The molecule has 2 rings (SSSR count). The van der Waals surface area contributed by atoms with Crippen molar-refractivity contribution in [3.63, 3.8) is 0 Å². The molecule has 0 aliphatic carbocycles. The zero-order chi connectivity index (χ0) is 13.1. The highest BCUT2D eigenvalue weighted by Gasteiger charge is 2.09. The minimum atomic E-state index is -0.419. The first-order valence-corrected chi connectivity index (χ1v) is 5.62. The first-order valence-electron chi connectivity index (χ1n) is 5.24. The largest absolute Gasteiger partial charge is 0.453 e. The minimum absolute atomic E-state index is 0.113. The number of aryl methyl sites for hydroxylation is 1. The monoisotopic (exact) mass is 261 g/mol. The lowest BCUT2D eigenvalue weighted by Crippen LogP contribution is -1.91. The van der Waals surface area contributed by atoms with Crippen molar-refractivity contribution in [2.45, 2.75) is 6.92 Å². The molecule has 2 aromatic carbocycles. The molecule has 90 valence electrons. The molecule has 0 aliphatic rings. The average Bonchev–Trinajstić information content (AvgIpc) is 2.37. The van der Waals surface area contributed by atoms with E-state index in [0.717, 1.165) is 0 Å². The van der Waals surface area contributed by atoms with Gasteiger partial charge in [-0.2, -0.15) is 5.26 Å². The van der Waals surface area contributed by atoms with Gasteiger partial charge in [0.1, 0.15) is 5.75 Å². The fraction of sp³-hybridized carbons (Fsp3) is 0.0714. The van der Waals surface area contributed by atoms with E-state index in [-0.39, 0.29) is 10.8 Å². The zero-order valence-corrected chi connectivity index (χ0v) is 10.3. The van der Waals surface area contributed by atoms with Crippen LogP contribution >= 0.6 is 11.6 Å². The van der Waals surface area contributed by atoms with Crippen LogP contribution < -0.4 is 4.74 Å². The van der Waals surface area contributed by atoms with E-state index in [4.69, 9.17) is 21.6 Å². The van der Waals surface area contributed by atoms with Crippen molar-refractivity contribution in [1.29, 1.82) is 5.26 Å². The number of hydrogen-bond donors (Lipinski definition) is 0. The Hall–Kier alpha value is -2.05. The highest BCUT2D eigenvalue weighted by atomic mass is 35.5. The smallest absolute Gasteiger partial charge is 0.168 e. The van der Waals surface area contributed by atoms with Crippen LogP contribution in [-0.2, 0) is 0 Å². The van der Waals surface area contributed by atoms with Crippen LogP contribution in [0.1, 0.15) is 11.1 Å². The molecule has 0 saturated heterocycles. The van der Waals surface area contributed by atoms with Crippen LogP contribution in [0.5, 0.6) is 11.5 Å². The van der Waals surface area contributed by atoms with E-state index in [0.29, 0.717) is 16.9 Å². The second-order valence-corrected chi connectivity index (χ2v) is 4.15. The summed E-state index contributed by atoms with van der Waals surface area (Å²) in [5.41, 5.74) is 0.925. The molecule has 0 N–H and O–H groups in total. The van der Waals surface area contributed by atoms with Gasteiger partial charge in [-0.15, -0.1) is 0 Å². The van der Waals surface area contributed by atoms with Crippen LogP contribution in [0, 0.1) is 24.1 Å². The molecule has 0 heterocycles. The third kappa shape index (κ3) is 2.44. The summed E-state index contributed by atoms with van der Waals surface area (Å²) < 4.78 is 19.1. The van der Waals surface area contributed by atoms with E-state index >= 15 is 0 Å². The van der Waals surface area contributed by atoms with Gasteiger partial charge in [-0.05, 0) is 36.8 Å². The Labute approximate surface area is 109 Å². The predicted molar refractivity (Wildman–Crippen MR) is 67.4 cm³/mol. The highest BCUT2D eigenvalue weighted by Crippen LogP contribution is 2.32. The average molecular weight is 262 g/mol. The van der Waals surface area contributed by atoms with Crippen molar-refractivity contribution < 1.29 is 9.13 Å². The van der Waals surface area contributed by atoms with E-state index < -0.39 is 5.82 Å². The summed E-state index contributed by atoms with van der Waals surface area (Å²) in [5.74, 6) is 0.0136. The van der Waals surface area contributed by atoms with Gasteiger partial charge in [0.25, 0.3) is 0 Å². The van der Waals surface area contributed by atoms with Crippen molar-refractivity contribution in [3.8, 4) is 17.6 Å². The molecule has 2 aromatic rings. The molecule has 4 heteroatoms. The van der Waals surface area contributed by atoms with Gasteiger partial charge in [-0.25, -0.2) is 4.39 Å². The number of nitrogens with zero attached hydrogens (tertiary/aromatic N) is 1. The van der Waals surface area contributed by atoms with Crippen LogP contribution in [0.3, 0.4) is 0 Å². The Bertz CT molecular complexity index is 634. The maximum absolute atomic E-state index is 13.7. The normalized spacial score (nSPS) is 9.89. The Kier molecular flexibility index (Phi) is 3.50. The molecular formula is C14H9ClFNO. The molecule has 0 radical (unpaired) electrons. The molecule has 0 spiro atoms. The molecular weight excluding hydrogens is 253 g/mol. The first-order chi connectivity index (χ1) is 8.61. The van der Waals surface area contributed by atoms with Crippen molar-refractivity contribution in [2.24, 2.45) is 0 Å². The summed E-state index contributed by atoms with van der Waals surface area (Å²) in [4.78, 5) is 0. The quantitative estimate of drug-likeness (QED) is 0.800. The third-order valence-corrected chi connectivity index (χ3v) is 2.73. The van der Waals surface area contributed by atoms with E-state index in [1.54, 1.807) is 31.2 Å². The summed E-state index contributed by atoms with van der Waals surface area (Å²) >= 11 is 5.95. The van der Waals surface area contributed by atoms with Crippen LogP contribution in [0.25, 0.3) is 0 Å². The Morgan fingerprint density at radius 2 is 2.00 bits per heavy atom. The lowest BCUT2D eigenvalue weighted by Gasteiger charge is -2.09. The zero-order valence-electron chi connectivity index (χ0n) is 9.58. The highest BCUT2D eigenvalue weighted by molar-refractivity contribution is 6.32. The first kappa shape index (κ1) is 12.4. The number of benzene rings is 2. The fourth-order valence-corrected chi connectivity index (χ4v) is 1.69. The van der Waals surface area contributed by atoms with Gasteiger partial charge in [0.2, 0.25) is 0 Å². The second-order valence-electron chi connectivity index (χ2n) is 3.75. The Balaban J connectivity index is 2.35. The summed E-state index contributed by atoms with van der Waals surface area (Å²) in [6, 6.07) is 11.4. The van der Waals surface area contributed by atoms with Crippen molar-refractivity contribution in [2.75, 3.05) is 0 Å². The van der Waals surface area contributed by atoms with Crippen LogP contribution in [0.15, 0.2) is 36.4 Å². The van der Waals surface area contributed by atoms with E-state index in [2.05, 4.69) is 0 Å². The number of hydrogen-bond acceptors (Lipinski definition) is 2. The molecule has 0 saturated carbocycles.